The molecule has 0 heterocycles. The molecule has 1 amide bonds. The summed E-state index contributed by atoms with van der Waals surface area (Å²) in [5.41, 5.74) is 0.332. The molecule has 2 N–H and O–H groups in total. The van der Waals surface area contributed by atoms with E-state index in [9.17, 15) is 22.8 Å². The number of carbonyl (C=O) groups is 2. The second-order valence-electron chi connectivity index (χ2n) is 4.97. The fourth-order valence-electron chi connectivity index (χ4n) is 2.26. The van der Waals surface area contributed by atoms with Crippen molar-refractivity contribution in [3.8, 4) is 5.75 Å². The lowest BCUT2D eigenvalue weighted by Crippen LogP contribution is -2.27. The summed E-state index contributed by atoms with van der Waals surface area (Å²) in [6.45, 7) is -0.00190. The van der Waals surface area contributed by atoms with Gasteiger partial charge in [0.05, 0.1) is 6.42 Å². The zero-order valence-corrected chi connectivity index (χ0v) is 11.4. The van der Waals surface area contributed by atoms with Crippen LogP contribution >= 0.6 is 0 Å². The summed E-state index contributed by atoms with van der Waals surface area (Å²) < 4.78 is 41.0. The van der Waals surface area contributed by atoms with Crippen LogP contribution in [0.3, 0.4) is 0 Å². The van der Waals surface area contributed by atoms with Gasteiger partial charge in [-0.25, -0.2) is 0 Å². The van der Waals surface area contributed by atoms with Gasteiger partial charge in [-0.3, -0.25) is 9.59 Å². The van der Waals surface area contributed by atoms with Crippen molar-refractivity contribution in [1.29, 1.82) is 0 Å². The number of aliphatic carboxylic acids is 1. The van der Waals surface area contributed by atoms with Gasteiger partial charge in [-0.15, -0.1) is 13.2 Å². The van der Waals surface area contributed by atoms with Crippen molar-refractivity contribution in [2.75, 3.05) is 6.54 Å². The zero-order chi connectivity index (χ0) is 16.3. The molecule has 2 unspecified atom stereocenters. The SMILES string of the molecule is O=C(O)CCNC(=O)C1CC1c1ccccc1OC(F)(F)F. The van der Waals surface area contributed by atoms with Gasteiger partial charge in [-0.1, -0.05) is 18.2 Å². The van der Waals surface area contributed by atoms with Crippen LogP contribution in [0, 0.1) is 5.92 Å². The van der Waals surface area contributed by atoms with Crippen LogP contribution in [0.2, 0.25) is 0 Å². The van der Waals surface area contributed by atoms with Crippen LogP contribution in [0.5, 0.6) is 5.75 Å². The number of hydrogen-bond donors (Lipinski definition) is 2. The molecule has 1 saturated carbocycles. The van der Waals surface area contributed by atoms with E-state index in [1.807, 2.05) is 0 Å². The van der Waals surface area contributed by atoms with Gasteiger partial charge in [-0.2, -0.15) is 0 Å². The maximum absolute atomic E-state index is 12.3. The molecule has 0 saturated heterocycles. The molecule has 0 radical (unpaired) electrons. The minimum absolute atomic E-state index is 0.00190. The third kappa shape index (κ3) is 4.37. The molecule has 5 nitrogen and oxygen atoms in total. The van der Waals surface area contributed by atoms with E-state index in [0.717, 1.165) is 0 Å². The van der Waals surface area contributed by atoms with Crippen molar-refractivity contribution in [1.82, 2.24) is 5.32 Å². The van der Waals surface area contributed by atoms with E-state index < -0.39 is 18.2 Å². The van der Waals surface area contributed by atoms with Gasteiger partial charge in [0, 0.05) is 12.5 Å². The Morgan fingerprint density at radius 1 is 1.32 bits per heavy atom. The second kappa shape index (κ2) is 6.25. The van der Waals surface area contributed by atoms with Gasteiger partial charge in [0.15, 0.2) is 0 Å². The lowest BCUT2D eigenvalue weighted by Gasteiger charge is -2.13. The van der Waals surface area contributed by atoms with Crippen LogP contribution in [0.15, 0.2) is 24.3 Å². The summed E-state index contributed by atoms with van der Waals surface area (Å²) in [5.74, 6) is -2.49. The summed E-state index contributed by atoms with van der Waals surface area (Å²) in [7, 11) is 0. The minimum Gasteiger partial charge on any atom is -0.481 e. The largest absolute Gasteiger partial charge is 0.573 e. The molecule has 0 aromatic heterocycles. The molecule has 1 fully saturated rings. The van der Waals surface area contributed by atoms with E-state index in [-0.39, 0.29) is 30.5 Å². The standard InChI is InChI=1S/C14H14F3NO4/c15-14(16,17)22-11-4-2-1-3-8(11)9-7-10(9)13(21)18-6-5-12(19)20/h1-4,9-10H,5-7H2,(H,18,21)(H,19,20). The molecule has 0 bridgehead atoms. The van der Waals surface area contributed by atoms with Crippen molar-refractivity contribution >= 4 is 11.9 Å². The fraction of sp³-hybridized carbons (Fsp3) is 0.429. The lowest BCUT2D eigenvalue weighted by molar-refractivity contribution is -0.274. The van der Waals surface area contributed by atoms with Gasteiger partial charge in [-0.05, 0) is 24.0 Å². The Balaban J connectivity index is 1.97. The van der Waals surface area contributed by atoms with Gasteiger partial charge >= 0.3 is 12.3 Å². The average molecular weight is 317 g/mol. The molecule has 8 heteroatoms. The smallest absolute Gasteiger partial charge is 0.481 e. The lowest BCUT2D eigenvalue weighted by atomic mass is 10.1. The average Bonchev–Trinajstić information content (AvgIpc) is 3.17. The highest BCUT2D eigenvalue weighted by molar-refractivity contribution is 5.83. The maximum atomic E-state index is 12.3. The van der Waals surface area contributed by atoms with E-state index in [4.69, 9.17) is 5.11 Å². The second-order valence-corrected chi connectivity index (χ2v) is 4.97. The van der Waals surface area contributed by atoms with Gasteiger partial charge in [0.25, 0.3) is 0 Å². The number of carboxylic acids is 1. The molecule has 1 aliphatic carbocycles. The minimum atomic E-state index is -4.79. The molecular weight excluding hydrogens is 303 g/mol. The van der Waals surface area contributed by atoms with Crippen molar-refractivity contribution in [2.45, 2.75) is 25.1 Å². The molecule has 0 spiro atoms. The van der Waals surface area contributed by atoms with Crippen LogP contribution in [-0.4, -0.2) is 29.9 Å². The normalized spacial score (nSPS) is 20.3. The highest BCUT2D eigenvalue weighted by Crippen LogP contribution is 2.50. The molecule has 120 valence electrons. The highest BCUT2D eigenvalue weighted by atomic mass is 19.4. The molecule has 1 aromatic rings. The Morgan fingerprint density at radius 3 is 2.64 bits per heavy atom. The number of rotatable bonds is 6. The van der Waals surface area contributed by atoms with Crippen molar-refractivity contribution < 1.29 is 32.6 Å². The van der Waals surface area contributed by atoms with E-state index >= 15 is 0 Å². The van der Waals surface area contributed by atoms with Crippen LogP contribution in [-0.2, 0) is 9.59 Å². The number of alkyl halides is 3. The summed E-state index contributed by atoms with van der Waals surface area (Å²) in [4.78, 5) is 22.2. The predicted molar refractivity (Wildman–Crippen MR) is 69.2 cm³/mol. The zero-order valence-electron chi connectivity index (χ0n) is 11.4. The number of para-hydroxylation sites is 1. The first-order chi connectivity index (χ1) is 10.3. The molecule has 2 atom stereocenters. The summed E-state index contributed by atoms with van der Waals surface area (Å²) in [6, 6.07) is 5.71. The van der Waals surface area contributed by atoms with Crippen molar-refractivity contribution in [2.24, 2.45) is 5.92 Å². The Bertz CT molecular complexity index is 573. The summed E-state index contributed by atoms with van der Waals surface area (Å²) in [5, 5.41) is 10.9. The third-order valence-corrected chi connectivity index (χ3v) is 3.31. The van der Waals surface area contributed by atoms with Crippen LogP contribution in [0.25, 0.3) is 0 Å². The monoisotopic (exact) mass is 317 g/mol. The maximum Gasteiger partial charge on any atom is 0.573 e. The summed E-state index contributed by atoms with van der Waals surface area (Å²) >= 11 is 0. The fourth-order valence-corrected chi connectivity index (χ4v) is 2.26. The van der Waals surface area contributed by atoms with Crippen LogP contribution in [0.1, 0.15) is 24.3 Å². The van der Waals surface area contributed by atoms with E-state index in [1.165, 1.54) is 18.2 Å². The van der Waals surface area contributed by atoms with E-state index in [1.54, 1.807) is 6.07 Å². The Morgan fingerprint density at radius 2 is 2.00 bits per heavy atom. The molecular formula is C14H14F3NO4. The topological polar surface area (TPSA) is 75.6 Å². The number of ether oxygens (including phenoxy) is 1. The Kier molecular flexibility index (Phi) is 4.58. The molecule has 1 aromatic carbocycles. The molecule has 1 aliphatic rings. The molecule has 2 rings (SSSR count). The first-order valence-electron chi connectivity index (χ1n) is 6.62. The number of hydrogen-bond acceptors (Lipinski definition) is 3. The van der Waals surface area contributed by atoms with E-state index in [0.29, 0.717) is 12.0 Å². The highest BCUT2D eigenvalue weighted by Gasteiger charge is 2.46. The molecule has 22 heavy (non-hydrogen) atoms. The number of halogens is 3. The first-order valence-corrected chi connectivity index (χ1v) is 6.62. The van der Waals surface area contributed by atoms with E-state index in [2.05, 4.69) is 10.1 Å². The number of carboxylic acid groups (broad SMARTS) is 1. The Labute approximate surface area is 124 Å². The van der Waals surface area contributed by atoms with Crippen molar-refractivity contribution in [3.63, 3.8) is 0 Å². The van der Waals surface area contributed by atoms with Gasteiger partial charge in [0.1, 0.15) is 5.75 Å². The number of carbonyl (C=O) groups excluding carboxylic acids is 1. The predicted octanol–water partition coefficient (Wildman–Crippen LogP) is 2.28. The van der Waals surface area contributed by atoms with Crippen LogP contribution in [0.4, 0.5) is 13.2 Å². The van der Waals surface area contributed by atoms with Gasteiger partial charge in [0.2, 0.25) is 5.91 Å². The summed E-state index contributed by atoms with van der Waals surface area (Å²) in [6.07, 6.45) is -4.57. The Hall–Kier alpha value is -2.25. The first kappa shape index (κ1) is 16.1. The third-order valence-electron chi connectivity index (χ3n) is 3.31. The van der Waals surface area contributed by atoms with Gasteiger partial charge < -0.3 is 15.2 Å². The number of amides is 1. The number of benzene rings is 1. The number of nitrogens with one attached hydrogen (secondary N) is 1. The van der Waals surface area contributed by atoms with Crippen LogP contribution < -0.4 is 10.1 Å². The quantitative estimate of drug-likeness (QED) is 0.844. The molecule has 0 aliphatic heterocycles. The van der Waals surface area contributed by atoms with Crippen molar-refractivity contribution in [3.05, 3.63) is 29.8 Å².